The Labute approximate surface area is 109 Å². The highest BCUT2D eigenvalue weighted by molar-refractivity contribution is 5.73. The van der Waals surface area contributed by atoms with Gasteiger partial charge in [-0.1, -0.05) is 20.8 Å². The Morgan fingerprint density at radius 2 is 2.00 bits per heavy atom. The third-order valence-electron chi connectivity index (χ3n) is 2.49. The molecule has 0 atom stereocenters. The van der Waals surface area contributed by atoms with Crippen molar-refractivity contribution in [1.82, 2.24) is 20.4 Å². The maximum Gasteiger partial charge on any atom is 0.314 e. The molecule has 18 heavy (non-hydrogen) atoms. The van der Waals surface area contributed by atoms with E-state index in [9.17, 15) is 4.79 Å². The van der Waals surface area contributed by atoms with Crippen molar-refractivity contribution in [3.8, 4) is 0 Å². The molecule has 0 radical (unpaired) electrons. The number of rotatable bonds is 4. The largest absolute Gasteiger partial charge is 0.338 e. The lowest BCUT2D eigenvalue weighted by Crippen LogP contribution is -2.41. The van der Waals surface area contributed by atoms with E-state index >= 15 is 0 Å². The lowest BCUT2D eigenvalue weighted by atomic mass is 9.97. The van der Waals surface area contributed by atoms with Crippen LogP contribution in [0.4, 0.5) is 4.79 Å². The van der Waals surface area contributed by atoms with Crippen molar-refractivity contribution in [3.05, 3.63) is 17.5 Å². The van der Waals surface area contributed by atoms with Crippen molar-refractivity contribution in [2.75, 3.05) is 13.1 Å². The standard InChI is InChI=1S/C13H24N4O/c1-10-8-11(2)17(16-10)7-6-14-12(18)15-9-13(3,4)5/h8H,6-7,9H2,1-5H3,(H2,14,15,18). The summed E-state index contributed by atoms with van der Waals surface area (Å²) in [5, 5.41) is 10.0. The van der Waals surface area contributed by atoms with Crippen LogP contribution >= 0.6 is 0 Å². The van der Waals surface area contributed by atoms with E-state index in [1.807, 2.05) is 24.6 Å². The van der Waals surface area contributed by atoms with Crippen molar-refractivity contribution in [3.63, 3.8) is 0 Å². The molecule has 0 bridgehead atoms. The van der Waals surface area contributed by atoms with Gasteiger partial charge in [0.2, 0.25) is 0 Å². The van der Waals surface area contributed by atoms with Gasteiger partial charge in [-0.05, 0) is 25.3 Å². The fourth-order valence-electron chi connectivity index (χ4n) is 1.58. The Balaban J connectivity index is 2.26. The summed E-state index contributed by atoms with van der Waals surface area (Å²) < 4.78 is 1.90. The third-order valence-corrected chi connectivity index (χ3v) is 2.49. The van der Waals surface area contributed by atoms with Gasteiger partial charge in [-0.15, -0.1) is 0 Å². The van der Waals surface area contributed by atoms with E-state index in [1.165, 1.54) is 0 Å². The van der Waals surface area contributed by atoms with Crippen molar-refractivity contribution < 1.29 is 4.79 Å². The van der Waals surface area contributed by atoms with Crippen molar-refractivity contribution in [2.45, 2.75) is 41.2 Å². The van der Waals surface area contributed by atoms with E-state index in [0.29, 0.717) is 19.6 Å². The fraction of sp³-hybridized carbons (Fsp3) is 0.692. The lowest BCUT2D eigenvalue weighted by molar-refractivity contribution is 0.235. The van der Waals surface area contributed by atoms with Gasteiger partial charge in [-0.25, -0.2) is 4.79 Å². The van der Waals surface area contributed by atoms with Crippen LogP contribution in [0.5, 0.6) is 0 Å². The van der Waals surface area contributed by atoms with Gasteiger partial charge in [0.25, 0.3) is 0 Å². The molecule has 0 aliphatic rings. The summed E-state index contributed by atoms with van der Waals surface area (Å²) in [5.74, 6) is 0. The van der Waals surface area contributed by atoms with Crippen molar-refractivity contribution in [1.29, 1.82) is 0 Å². The summed E-state index contributed by atoms with van der Waals surface area (Å²) >= 11 is 0. The molecule has 102 valence electrons. The summed E-state index contributed by atoms with van der Waals surface area (Å²) in [5.41, 5.74) is 2.22. The molecule has 2 amide bonds. The zero-order valence-corrected chi connectivity index (χ0v) is 12.0. The number of nitrogens with one attached hydrogen (secondary N) is 2. The predicted molar refractivity (Wildman–Crippen MR) is 72.6 cm³/mol. The van der Waals surface area contributed by atoms with Gasteiger partial charge in [-0.2, -0.15) is 5.10 Å². The Morgan fingerprint density at radius 3 is 2.50 bits per heavy atom. The molecule has 0 fully saturated rings. The van der Waals surface area contributed by atoms with Crippen LogP contribution in [0.1, 0.15) is 32.2 Å². The zero-order chi connectivity index (χ0) is 13.8. The second-order valence-corrected chi connectivity index (χ2v) is 5.82. The second kappa shape index (κ2) is 5.89. The molecule has 2 N–H and O–H groups in total. The molecule has 0 aromatic carbocycles. The van der Waals surface area contributed by atoms with Crippen LogP contribution in [0.15, 0.2) is 6.07 Å². The van der Waals surface area contributed by atoms with Crippen LogP contribution in [0.3, 0.4) is 0 Å². The molecule has 0 saturated heterocycles. The molecule has 0 aliphatic heterocycles. The van der Waals surface area contributed by atoms with Crippen LogP contribution in [0.2, 0.25) is 0 Å². The first-order valence-electron chi connectivity index (χ1n) is 6.31. The van der Waals surface area contributed by atoms with Crippen LogP contribution in [-0.4, -0.2) is 28.9 Å². The Hall–Kier alpha value is -1.52. The van der Waals surface area contributed by atoms with Gasteiger partial charge in [-0.3, -0.25) is 4.68 Å². The van der Waals surface area contributed by atoms with Crippen LogP contribution in [-0.2, 0) is 6.54 Å². The minimum Gasteiger partial charge on any atom is -0.338 e. The zero-order valence-electron chi connectivity index (χ0n) is 12.0. The number of carbonyl (C=O) groups excluding carboxylic acids is 1. The van der Waals surface area contributed by atoms with Crippen LogP contribution in [0.25, 0.3) is 0 Å². The lowest BCUT2D eigenvalue weighted by Gasteiger charge is -2.18. The van der Waals surface area contributed by atoms with Gasteiger partial charge in [0.05, 0.1) is 12.2 Å². The number of aromatic nitrogens is 2. The summed E-state index contributed by atoms with van der Waals surface area (Å²) in [6.07, 6.45) is 0. The van der Waals surface area contributed by atoms with E-state index in [-0.39, 0.29) is 11.4 Å². The SMILES string of the molecule is Cc1cc(C)n(CCNC(=O)NCC(C)(C)C)n1. The Morgan fingerprint density at radius 1 is 1.33 bits per heavy atom. The molecule has 1 aromatic heterocycles. The van der Waals surface area contributed by atoms with Gasteiger partial charge >= 0.3 is 6.03 Å². The molecule has 5 heteroatoms. The molecule has 0 spiro atoms. The summed E-state index contributed by atoms with van der Waals surface area (Å²) in [6, 6.07) is 1.91. The predicted octanol–water partition coefficient (Wildman–Crippen LogP) is 1.85. The van der Waals surface area contributed by atoms with Gasteiger partial charge in [0, 0.05) is 18.8 Å². The molecule has 1 aromatic rings. The summed E-state index contributed by atoms with van der Waals surface area (Å²) in [6.45, 7) is 12.2. The van der Waals surface area contributed by atoms with E-state index < -0.39 is 0 Å². The number of nitrogens with zero attached hydrogens (tertiary/aromatic N) is 2. The number of amides is 2. The van der Waals surface area contributed by atoms with Crippen molar-refractivity contribution >= 4 is 6.03 Å². The third kappa shape index (κ3) is 5.21. The monoisotopic (exact) mass is 252 g/mol. The normalized spacial score (nSPS) is 11.4. The highest BCUT2D eigenvalue weighted by Gasteiger charge is 2.11. The molecule has 0 unspecified atom stereocenters. The van der Waals surface area contributed by atoms with Crippen LogP contribution in [0, 0.1) is 19.3 Å². The molecule has 5 nitrogen and oxygen atoms in total. The minimum atomic E-state index is -0.119. The second-order valence-electron chi connectivity index (χ2n) is 5.82. The number of carbonyl (C=O) groups is 1. The first kappa shape index (κ1) is 14.5. The van der Waals surface area contributed by atoms with E-state index in [0.717, 1.165) is 11.4 Å². The first-order valence-corrected chi connectivity index (χ1v) is 6.31. The average molecular weight is 252 g/mol. The van der Waals surface area contributed by atoms with Gasteiger partial charge < -0.3 is 10.6 Å². The molecule has 0 saturated carbocycles. The van der Waals surface area contributed by atoms with Gasteiger partial charge in [0.1, 0.15) is 0 Å². The van der Waals surface area contributed by atoms with Crippen molar-refractivity contribution in [2.24, 2.45) is 5.41 Å². The molecular formula is C13H24N4O. The smallest absolute Gasteiger partial charge is 0.314 e. The molecule has 0 aliphatic carbocycles. The fourth-order valence-corrected chi connectivity index (χ4v) is 1.58. The molecule has 1 heterocycles. The van der Waals surface area contributed by atoms with Crippen LogP contribution < -0.4 is 10.6 Å². The molecular weight excluding hydrogens is 228 g/mol. The molecule has 1 rings (SSSR count). The maximum atomic E-state index is 11.5. The van der Waals surface area contributed by atoms with E-state index in [1.54, 1.807) is 0 Å². The number of urea groups is 1. The summed E-state index contributed by atoms with van der Waals surface area (Å²) in [7, 11) is 0. The quantitative estimate of drug-likeness (QED) is 0.859. The Bertz CT molecular complexity index is 404. The highest BCUT2D eigenvalue weighted by Crippen LogP contribution is 2.09. The topological polar surface area (TPSA) is 59.0 Å². The summed E-state index contributed by atoms with van der Waals surface area (Å²) in [4.78, 5) is 11.5. The number of aryl methyl sites for hydroxylation is 2. The maximum absolute atomic E-state index is 11.5. The average Bonchev–Trinajstić information content (AvgIpc) is 2.54. The minimum absolute atomic E-state index is 0.104. The van der Waals surface area contributed by atoms with E-state index in [2.05, 4.69) is 36.5 Å². The highest BCUT2D eigenvalue weighted by atomic mass is 16.2. The number of hydrogen-bond donors (Lipinski definition) is 2. The van der Waals surface area contributed by atoms with Gasteiger partial charge in [0.15, 0.2) is 0 Å². The number of hydrogen-bond acceptors (Lipinski definition) is 2. The van der Waals surface area contributed by atoms with E-state index in [4.69, 9.17) is 0 Å². The Kier molecular flexibility index (Phi) is 4.76. The first-order chi connectivity index (χ1) is 8.28.